The molecule has 0 unspecified atom stereocenters. The molecule has 24 heavy (non-hydrogen) atoms. The fraction of sp³-hybridized carbons (Fsp3) is 0.824. The highest BCUT2D eigenvalue weighted by Gasteiger charge is 2.12. The van der Waals surface area contributed by atoms with Gasteiger partial charge in [-0.25, -0.2) is 0 Å². The molecule has 1 rings (SSSR count). The molecule has 0 radical (unpaired) electrons. The lowest BCUT2D eigenvalue weighted by molar-refractivity contribution is 0.477. The summed E-state index contributed by atoms with van der Waals surface area (Å²) in [5.41, 5.74) is 0. The van der Waals surface area contributed by atoms with Crippen LogP contribution < -0.4 is 10.6 Å². The van der Waals surface area contributed by atoms with Crippen LogP contribution in [0.25, 0.3) is 0 Å². The van der Waals surface area contributed by atoms with E-state index >= 15 is 0 Å². The van der Waals surface area contributed by atoms with Gasteiger partial charge >= 0.3 is 0 Å². The minimum absolute atomic E-state index is 0.593. The Labute approximate surface area is 151 Å². The van der Waals surface area contributed by atoms with Gasteiger partial charge in [-0.2, -0.15) is 0 Å². The second kappa shape index (κ2) is 12.2. The Balaban J connectivity index is 2.37. The lowest BCUT2D eigenvalue weighted by Crippen LogP contribution is -2.38. The predicted octanol–water partition coefficient (Wildman–Crippen LogP) is 2.94. The first kappa shape index (κ1) is 20.8. The maximum absolute atomic E-state index is 4.37. The largest absolute Gasteiger partial charge is 0.356 e. The van der Waals surface area contributed by atoms with E-state index in [4.69, 9.17) is 0 Å². The number of aromatic nitrogens is 3. The molecule has 1 aromatic heterocycles. The van der Waals surface area contributed by atoms with Gasteiger partial charge in [0.15, 0.2) is 11.1 Å². The Kier molecular flexibility index (Phi) is 10.5. The monoisotopic (exact) mass is 354 g/mol. The molecule has 0 saturated heterocycles. The molecule has 0 saturated carbocycles. The minimum atomic E-state index is 0.593. The minimum Gasteiger partial charge on any atom is -0.356 e. The van der Waals surface area contributed by atoms with Gasteiger partial charge in [0.05, 0.1) is 0 Å². The molecular formula is C17H34N6S. The van der Waals surface area contributed by atoms with Gasteiger partial charge < -0.3 is 15.2 Å². The van der Waals surface area contributed by atoms with Crippen LogP contribution in [-0.4, -0.2) is 47.1 Å². The van der Waals surface area contributed by atoms with Crippen LogP contribution in [0.1, 0.15) is 52.3 Å². The summed E-state index contributed by atoms with van der Waals surface area (Å²) in [7, 11) is 1.82. The number of nitrogens with zero attached hydrogens (tertiary/aromatic N) is 4. The zero-order valence-corrected chi connectivity index (χ0v) is 16.7. The first-order valence-corrected chi connectivity index (χ1v) is 10.2. The maximum Gasteiger partial charge on any atom is 0.190 e. The van der Waals surface area contributed by atoms with Crippen molar-refractivity contribution < 1.29 is 0 Å². The summed E-state index contributed by atoms with van der Waals surface area (Å²) < 4.78 is 2.26. The average molecular weight is 355 g/mol. The van der Waals surface area contributed by atoms with E-state index < -0.39 is 0 Å². The summed E-state index contributed by atoms with van der Waals surface area (Å²) in [6.45, 7) is 9.51. The van der Waals surface area contributed by atoms with Crippen molar-refractivity contribution >= 4 is 17.7 Å². The molecule has 0 fully saturated rings. The van der Waals surface area contributed by atoms with E-state index in [2.05, 4.69) is 57.4 Å². The third kappa shape index (κ3) is 7.55. The number of rotatable bonds is 11. The zero-order valence-electron chi connectivity index (χ0n) is 15.9. The first-order valence-electron chi connectivity index (χ1n) is 9.02. The van der Waals surface area contributed by atoms with Crippen LogP contribution in [0.5, 0.6) is 0 Å². The lowest BCUT2D eigenvalue weighted by atomic mass is 10.2. The Bertz CT molecular complexity index is 483. The van der Waals surface area contributed by atoms with Gasteiger partial charge in [0.2, 0.25) is 0 Å². The number of unbranched alkanes of at least 4 members (excludes halogenated alkanes) is 2. The molecule has 0 amide bonds. The van der Waals surface area contributed by atoms with Gasteiger partial charge in [0, 0.05) is 33.1 Å². The van der Waals surface area contributed by atoms with Crippen molar-refractivity contribution in [3.63, 3.8) is 0 Å². The van der Waals surface area contributed by atoms with Crippen molar-refractivity contribution in [1.82, 2.24) is 25.4 Å². The number of guanidine groups is 1. The van der Waals surface area contributed by atoms with Crippen LogP contribution in [0, 0.1) is 5.92 Å². The number of nitrogens with one attached hydrogen (secondary N) is 2. The molecular weight excluding hydrogens is 320 g/mol. The highest BCUT2D eigenvalue weighted by atomic mass is 32.2. The second-order valence-electron chi connectivity index (χ2n) is 6.34. The molecule has 1 aromatic rings. The molecule has 0 bridgehead atoms. The van der Waals surface area contributed by atoms with E-state index in [0.717, 1.165) is 49.4 Å². The van der Waals surface area contributed by atoms with Crippen molar-refractivity contribution in [2.24, 2.45) is 10.9 Å². The molecule has 6 nitrogen and oxygen atoms in total. The number of hydrogen-bond acceptors (Lipinski definition) is 4. The average Bonchev–Trinajstić information content (AvgIpc) is 2.94. The quantitative estimate of drug-likeness (QED) is 0.277. The van der Waals surface area contributed by atoms with Gasteiger partial charge in [-0.1, -0.05) is 45.4 Å². The summed E-state index contributed by atoms with van der Waals surface area (Å²) in [4.78, 5) is 4.26. The molecule has 0 spiro atoms. The molecule has 7 heteroatoms. The lowest BCUT2D eigenvalue weighted by Gasteiger charge is -2.13. The van der Waals surface area contributed by atoms with Gasteiger partial charge in [0.1, 0.15) is 5.82 Å². The Morgan fingerprint density at radius 2 is 1.88 bits per heavy atom. The van der Waals surface area contributed by atoms with Crippen molar-refractivity contribution in [1.29, 1.82) is 0 Å². The summed E-state index contributed by atoms with van der Waals surface area (Å²) >= 11 is 1.66. The fourth-order valence-corrected chi connectivity index (χ4v) is 2.98. The zero-order chi connectivity index (χ0) is 17.8. The normalized spacial score (nSPS) is 12.0. The molecule has 1 heterocycles. The van der Waals surface area contributed by atoms with Gasteiger partial charge in [-0.05, 0) is 25.0 Å². The third-order valence-corrected chi connectivity index (χ3v) is 4.36. The maximum atomic E-state index is 4.37. The Morgan fingerprint density at radius 3 is 2.46 bits per heavy atom. The van der Waals surface area contributed by atoms with Crippen molar-refractivity contribution in [3.05, 3.63) is 5.82 Å². The summed E-state index contributed by atoms with van der Waals surface area (Å²) in [5.74, 6) is 2.57. The number of hydrogen-bond donors (Lipinski definition) is 2. The SMILES string of the molecule is CCCCCNC(=NC)NCCCc1nnc(SC)n1CC(C)C. The van der Waals surface area contributed by atoms with Crippen LogP contribution in [-0.2, 0) is 13.0 Å². The van der Waals surface area contributed by atoms with Crippen molar-refractivity contribution in [2.75, 3.05) is 26.4 Å². The number of thioether (sulfide) groups is 1. The summed E-state index contributed by atoms with van der Waals surface area (Å²) in [6.07, 6.45) is 7.68. The van der Waals surface area contributed by atoms with E-state index in [9.17, 15) is 0 Å². The molecule has 0 aromatic carbocycles. The summed E-state index contributed by atoms with van der Waals surface area (Å²) in [5, 5.41) is 16.4. The number of aliphatic imine (C=N–C) groups is 1. The Hall–Kier alpha value is -1.24. The van der Waals surface area contributed by atoms with E-state index in [1.807, 2.05) is 7.05 Å². The fourth-order valence-electron chi connectivity index (χ4n) is 2.46. The van der Waals surface area contributed by atoms with Gasteiger partial charge in [-0.15, -0.1) is 10.2 Å². The molecule has 138 valence electrons. The van der Waals surface area contributed by atoms with E-state index in [1.54, 1.807) is 11.8 Å². The Morgan fingerprint density at radius 1 is 1.17 bits per heavy atom. The molecule has 0 aliphatic rings. The highest BCUT2D eigenvalue weighted by molar-refractivity contribution is 7.98. The predicted molar refractivity (Wildman–Crippen MR) is 104 cm³/mol. The van der Waals surface area contributed by atoms with E-state index in [0.29, 0.717) is 5.92 Å². The van der Waals surface area contributed by atoms with Crippen molar-refractivity contribution in [3.8, 4) is 0 Å². The molecule has 0 aliphatic heterocycles. The van der Waals surface area contributed by atoms with Crippen LogP contribution in [0.4, 0.5) is 0 Å². The van der Waals surface area contributed by atoms with E-state index in [-0.39, 0.29) is 0 Å². The van der Waals surface area contributed by atoms with E-state index in [1.165, 1.54) is 19.3 Å². The highest BCUT2D eigenvalue weighted by Crippen LogP contribution is 2.16. The molecule has 0 atom stereocenters. The standard InChI is InChI=1S/C17H34N6S/c1-6-7-8-11-19-16(18-4)20-12-9-10-15-21-22-17(24-5)23(15)13-14(2)3/h14H,6-13H2,1-5H3,(H2,18,19,20). The number of aryl methyl sites for hydroxylation is 1. The smallest absolute Gasteiger partial charge is 0.190 e. The van der Waals surface area contributed by atoms with Crippen LogP contribution in [0.2, 0.25) is 0 Å². The summed E-state index contributed by atoms with van der Waals surface area (Å²) in [6, 6.07) is 0. The van der Waals surface area contributed by atoms with Crippen molar-refractivity contribution in [2.45, 2.75) is 64.6 Å². The topological polar surface area (TPSA) is 67.1 Å². The first-order chi connectivity index (χ1) is 11.6. The van der Waals surface area contributed by atoms with Gasteiger partial charge in [0.25, 0.3) is 0 Å². The van der Waals surface area contributed by atoms with Crippen LogP contribution >= 0.6 is 11.8 Å². The molecule has 0 aliphatic carbocycles. The second-order valence-corrected chi connectivity index (χ2v) is 7.12. The molecule has 2 N–H and O–H groups in total. The third-order valence-electron chi connectivity index (χ3n) is 3.69. The van der Waals surface area contributed by atoms with Crippen LogP contribution in [0.15, 0.2) is 10.1 Å². The van der Waals surface area contributed by atoms with Crippen LogP contribution in [0.3, 0.4) is 0 Å². The van der Waals surface area contributed by atoms with Gasteiger partial charge in [-0.3, -0.25) is 4.99 Å².